The number of aromatic nitrogens is 2. The Morgan fingerprint density at radius 2 is 1.92 bits per heavy atom. The molecule has 0 radical (unpaired) electrons. The zero-order valence-electron chi connectivity index (χ0n) is 21.5. The van der Waals surface area contributed by atoms with E-state index >= 15 is 4.39 Å². The van der Waals surface area contributed by atoms with Crippen molar-refractivity contribution in [2.45, 2.75) is 37.8 Å². The van der Waals surface area contributed by atoms with Crippen LogP contribution in [0.4, 0.5) is 13.6 Å². The highest BCUT2D eigenvalue weighted by molar-refractivity contribution is 5.96. The molecule has 5 rings (SSSR count). The summed E-state index contributed by atoms with van der Waals surface area (Å²) in [6.45, 7) is 1.99. The van der Waals surface area contributed by atoms with Crippen LogP contribution in [0.25, 0.3) is 0 Å². The number of hydrogen-bond acceptors (Lipinski definition) is 6. The molecular formula is C28H28F2N4O5. The molecule has 1 aromatic heterocycles. The minimum absolute atomic E-state index is 0.109. The smallest absolute Gasteiger partial charge is 0.412 e. The maximum atomic E-state index is 15.4. The maximum absolute atomic E-state index is 15.4. The zero-order valence-corrected chi connectivity index (χ0v) is 21.5. The molecule has 1 saturated heterocycles. The van der Waals surface area contributed by atoms with E-state index in [1.54, 1.807) is 31.0 Å². The third-order valence-corrected chi connectivity index (χ3v) is 7.40. The van der Waals surface area contributed by atoms with Gasteiger partial charge in [0.05, 0.1) is 18.3 Å². The van der Waals surface area contributed by atoms with Crippen molar-refractivity contribution in [3.8, 4) is 5.75 Å². The quantitative estimate of drug-likeness (QED) is 0.423. The van der Waals surface area contributed by atoms with Crippen LogP contribution in [0.2, 0.25) is 0 Å². The van der Waals surface area contributed by atoms with E-state index < -0.39 is 53.9 Å². The summed E-state index contributed by atoms with van der Waals surface area (Å²) in [7, 11) is 1.54. The van der Waals surface area contributed by atoms with Gasteiger partial charge in [-0.05, 0) is 31.4 Å². The molecule has 3 atom stereocenters. The SMILES string of the molecule is CCN(C)C(=O)OCOc1c2n(ncc1=O)[C@@H]([C@H](c1ccccc1)c1cccc(F)c1F)[C@H]1CCCN1C2=O. The van der Waals surface area contributed by atoms with Crippen molar-refractivity contribution in [3.05, 3.63) is 93.4 Å². The van der Waals surface area contributed by atoms with Crippen molar-refractivity contribution in [2.75, 3.05) is 26.9 Å². The fourth-order valence-electron chi connectivity index (χ4n) is 5.43. The van der Waals surface area contributed by atoms with Crippen molar-refractivity contribution in [3.63, 3.8) is 0 Å². The fourth-order valence-corrected chi connectivity index (χ4v) is 5.43. The number of ether oxygens (including phenoxy) is 2. The summed E-state index contributed by atoms with van der Waals surface area (Å²) in [5, 5.41) is 4.32. The van der Waals surface area contributed by atoms with Gasteiger partial charge in [0.25, 0.3) is 5.91 Å². The number of hydrogen-bond donors (Lipinski definition) is 0. The molecule has 9 nitrogen and oxygen atoms in total. The fraction of sp³-hybridized carbons (Fsp3) is 0.357. The summed E-state index contributed by atoms with van der Waals surface area (Å²) in [4.78, 5) is 41.6. The van der Waals surface area contributed by atoms with Gasteiger partial charge in [0, 0.05) is 31.6 Å². The zero-order chi connectivity index (χ0) is 27.7. The molecule has 204 valence electrons. The van der Waals surface area contributed by atoms with Gasteiger partial charge < -0.3 is 19.3 Å². The number of amides is 2. The van der Waals surface area contributed by atoms with E-state index in [0.29, 0.717) is 31.5 Å². The Morgan fingerprint density at radius 1 is 1.15 bits per heavy atom. The lowest BCUT2D eigenvalue weighted by atomic mass is 9.79. The van der Waals surface area contributed by atoms with Gasteiger partial charge in [-0.3, -0.25) is 14.3 Å². The molecule has 39 heavy (non-hydrogen) atoms. The monoisotopic (exact) mass is 538 g/mol. The molecule has 0 N–H and O–H groups in total. The first-order valence-corrected chi connectivity index (χ1v) is 12.8. The Hall–Kier alpha value is -4.28. The van der Waals surface area contributed by atoms with Crippen LogP contribution in [0.3, 0.4) is 0 Å². The number of fused-ring (bicyclic) bond motifs is 2. The summed E-state index contributed by atoms with van der Waals surface area (Å²) < 4.78 is 41.9. The first kappa shape index (κ1) is 26.3. The second-order valence-electron chi connectivity index (χ2n) is 9.55. The molecule has 0 bridgehead atoms. The maximum Gasteiger partial charge on any atom is 0.412 e. The molecule has 0 unspecified atom stereocenters. The lowest BCUT2D eigenvalue weighted by Crippen LogP contribution is -2.51. The summed E-state index contributed by atoms with van der Waals surface area (Å²) in [5.41, 5.74) is 0.0128. The van der Waals surface area contributed by atoms with E-state index in [2.05, 4.69) is 5.10 Å². The van der Waals surface area contributed by atoms with E-state index in [1.165, 1.54) is 21.7 Å². The van der Waals surface area contributed by atoms with Crippen molar-refractivity contribution >= 4 is 12.0 Å². The number of carbonyl (C=O) groups is 2. The van der Waals surface area contributed by atoms with E-state index in [0.717, 1.165) is 12.3 Å². The molecule has 11 heteroatoms. The molecule has 2 aliphatic heterocycles. The third kappa shape index (κ3) is 4.73. The Bertz CT molecular complexity index is 1450. The lowest BCUT2D eigenvalue weighted by Gasteiger charge is -2.42. The molecule has 0 spiro atoms. The summed E-state index contributed by atoms with van der Waals surface area (Å²) in [6, 6.07) is 12.0. The topological polar surface area (TPSA) is 94.0 Å². The summed E-state index contributed by atoms with van der Waals surface area (Å²) in [6.07, 6.45) is 1.67. The van der Waals surface area contributed by atoms with Crippen LogP contribution < -0.4 is 10.2 Å². The first-order valence-electron chi connectivity index (χ1n) is 12.8. The number of benzene rings is 2. The molecule has 3 heterocycles. The Kier molecular flexibility index (Phi) is 7.32. The standard InChI is InChI=1S/C28H28F2N4O5/c1-3-32(2)28(37)39-16-38-26-21(35)15-31-34-24(20-13-8-14-33(20)27(36)25(26)34)22(17-9-5-4-6-10-17)18-11-7-12-19(29)23(18)30/h4-7,9-12,15,20,22,24H,3,8,13-14,16H2,1-2H3/t20-,22-,24-/m1/s1. The van der Waals surface area contributed by atoms with Crippen LogP contribution in [-0.2, 0) is 4.74 Å². The van der Waals surface area contributed by atoms with Crippen molar-refractivity contribution < 1.29 is 27.8 Å². The average Bonchev–Trinajstić information content (AvgIpc) is 3.44. The van der Waals surface area contributed by atoms with Gasteiger partial charge in [0.15, 0.2) is 17.3 Å². The first-order chi connectivity index (χ1) is 18.8. The van der Waals surface area contributed by atoms with E-state index in [9.17, 15) is 18.8 Å². The van der Waals surface area contributed by atoms with Crippen LogP contribution in [0.1, 0.15) is 53.3 Å². The Labute approximate surface area is 223 Å². The second kappa shape index (κ2) is 10.8. The minimum Gasteiger partial charge on any atom is -0.451 e. The van der Waals surface area contributed by atoms with E-state index in [1.807, 2.05) is 18.2 Å². The largest absolute Gasteiger partial charge is 0.451 e. The van der Waals surface area contributed by atoms with Crippen LogP contribution in [0.5, 0.6) is 5.75 Å². The van der Waals surface area contributed by atoms with Gasteiger partial charge >= 0.3 is 6.09 Å². The molecule has 2 amide bonds. The van der Waals surface area contributed by atoms with Gasteiger partial charge in [-0.2, -0.15) is 5.10 Å². The van der Waals surface area contributed by atoms with E-state index in [-0.39, 0.29) is 17.0 Å². The Balaban J connectivity index is 1.65. The van der Waals surface area contributed by atoms with Gasteiger partial charge in [-0.15, -0.1) is 0 Å². The molecule has 2 aromatic carbocycles. The van der Waals surface area contributed by atoms with Gasteiger partial charge in [-0.1, -0.05) is 42.5 Å². The Morgan fingerprint density at radius 3 is 2.67 bits per heavy atom. The third-order valence-electron chi connectivity index (χ3n) is 7.40. The van der Waals surface area contributed by atoms with Crippen LogP contribution in [0, 0.1) is 11.6 Å². The predicted octanol–water partition coefficient (Wildman–Crippen LogP) is 3.94. The normalized spacial score (nSPS) is 18.8. The highest BCUT2D eigenvalue weighted by Gasteiger charge is 2.48. The van der Waals surface area contributed by atoms with Crippen LogP contribution >= 0.6 is 0 Å². The van der Waals surface area contributed by atoms with Crippen molar-refractivity contribution in [1.29, 1.82) is 0 Å². The number of nitrogens with zero attached hydrogens (tertiary/aromatic N) is 4. The van der Waals surface area contributed by atoms with Gasteiger partial charge in [0.2, 0.25) is 18.0 Å². The number of carbonyl (C=O) groups excluding carboxylic acids is 2. The predicted molar refractivity (Wildman–Crippen MR) is 137 cm³/mol. The second-order valence-corrected chi connectivity index (χ2v) is 9.55. The molecular weight excluding hydrogens is 510 g/mol. The lowest BCUT2D eigenvalue weighted by molar-refractivity contribution is 0.0351. The van der Waals surface area contributed by atoms with E-state index in [4.69, 9.17) is 9.47 Å². The van der Waals surface area contributed by atoms with Gasteiger partial charge in [0.1, 0.15) is 0 Å². The number of halogens is 2. The molecule has 3 aromatic rings. The molecule has 0 aliphatic carbocycles. The summed E-state index contributed by atoms with van der Waals surface area (Å²) >= 11 is 0. The van der Waals surface area contributed by atoms with Crippen molar-refractivity contribution in [1.82, 2.24) is 19.6 Å². The van der Waals surface area contributed by atoms with Crippen LogP contribution in [0.15, 0.2) is 59.5 Å². The number of rotatable bonds is 7. The molecule has 0 saturated carbocycles. The average molecular weight is 539 g/mol. The van der Waals surface area contributed by atoms with Crippen molar-refractivity contribution in [2.24, 2.45) is 0 Å². The van der Waals surface area contributed by atoms with Crippen LogP contribution in [-0.4, -0.2) is 64.6 Å². The summed E-state index contributed by atoms with van der Waals surface area (Å²) in [5.74, 6) is -3.50. The molecule has 2 aliphatic rings. The molecule has 1 fully saturated rings. The van der Waals surface area contributed by atoms with Gasteiger partial charge in [-0.25, -0.2) is 13.6 Å². The highest BCUT2D eigenvalue weighted by atomic mass is 19.2. The highest BCUT2D eigenvalue weighted by Crippen LogP contribution is 2.46. The minimum atomic E-state index is -0.987.